The van der Waals surface area contributed by atoms with E-state index in [0.29, 0.717) is 17.1 Å². The lowest BCUT2D eigenvalue weighted by molar-refractivity contribution is 0.0984. The number of nitrogens with one attached hydrogen (secondary N) is 1. The molecule has 0 aliphatic heterocycles. The minimum atomic E-state index is -0.239. The fourth-order valence-corrected chi connectivity index (χ4v) is 2.88. The van der Waals surface area contributed by atoms with E-state index in [0.717, 1.165) is 5.69 Å². The summed E-state index contributed by atoms with van der Waals surface area (Å²) in [6.45, 7) is 1.92. The molecule has 0 radical (unpaired) electrons. The van der Waals surface area contributed by atoms with Crippen LogP contribution in [0.1, 0.15) is 21.9 Å². The Balaban J connectivity index is 1.75. The Morgan fingerprint density at radius 3 is 2.41 bits per heavy atom. The summed E-state index contributed by atoms with van der Waals surface area (Å²) < 4.78 is 1.28. The van der Waals surface area contributed by atoms with Crippen LogP contribution in [0.2, 0.25) is 0 Å². The molecule has 2 aromatic heterocycles. The number of carbonyl (C=O) groups is 1. The number of hydrogen-bond donors (Lipinski definition) is 1. The second kappa shape index (κ2) is 6.87. The monoisotopic (exact) mass is 359 g/mol. The fourth-order valence-electron chi connectivity index (χ4n) is 2.88. The Labute approximate surface area is 154 Å². The number of hydrogen-bond acceptors (Lipinski definition) is 4. The van der Waals surface area contributed by atoms with Gasteiger partial charge < -0.3 is 4.90 Å². The largest absolute Gasteiger partial charge is 0.301 e. The average molecular weight is 359 g/mol. The first-order valence-electron chi connectivity index (χ1n) is 8.49. The van der Waals surface area contributed by atoms with E-state index in [1.54, 1.807) is 24.0 Å². The van der Waals surface area contributed by atoms with E-state index < -0.39 is 0 Å². The van der Waals surface area contributed by atoms with Crippen molar-refractivity contribution in [3.8, 4) is 0 Å². The average Bonchev–Trinajstić information content (AvgIpc) is 3.10. The molecule has 0 aliphatic rings. The number of aromatic nitrogens is 4. The third-order valence-corrected chi connectivity index (χ3v) is 4.15. The molecule has 0 spiro atoms. The Hall–Kier alpha value is -3.74. The molecular formula is C20H17N5O2. The summed E-state index contributed by atoms with van der Waals surface area (Å²) in [5.41, 5.74) is 1.67. The number of fused-ring (bicyclic) bond motifs is 1. The van der Waals surface area contributed by atoms with Crippen molar-refractivity contribution in [1.82, 2.24) is 19.6 Å². The van der Waals surface area contributed by atoms with Crippen molar-refractivity contribution in [3.63, 3.8) is 0 Å². The zero-order chi connectivity index (χ0) is 18.8. The number of aryl methyl sites for hydroxylation is 1. The maximum Gasteiger partial charge on any atom is 0.274 e. The van der Waals surface area contributed by atoms with Gasteiger partial charge in [0.2, 0.25) is 0 Å². The van der Waals surface area contributed by atoms with Gasteiger partial charge in [-0.15, -0.1) is 0 Å². The summed E-state index contributed by atoms with van der Waals surface area (Å²) in [5, 5.41) is 2.93. The van der Waals surface area contributed by atoms with Gasteiger partial charge in [0.05, 0.1) is 6.54 Å². The van der Waals surface area contributed by atoms with Crippen LogP contribution in [0, 0.1) is 6.92 Å². The summed E-state index contributed by atoms with van der Waals surface area (Å²) in [4.78, 5) is 35.4. The van der Waals surface area contributed by atoms with Crippen molar-refractivity contribution in [1.29, 1.82) is 0 Å². The lowest BCUT2D eigenvalue weighted by Gasteiger charge is -2.21. The highest BCUT2D eigenvalue weighted by Gasteiger charge is 2.20. The quantitative estimate of drug-likeness (QED) is 0.607. The highest BCUT2D eigenvalue weighted by Crippen LogP contribution is 2.19. The number of H-pyrrole nitrogens is 1. The third kappa shape index (κ3) is 3.35. The van der Waals surface area contributed by atoms with Crippen molar-refractivity contribution >= 4 is 17.4 Å². The molecule has 4 aromatic rings. The van der Waals surface area contributed by atoms with Crippen LogP contribution in [0.4, 0.5) is 5.69 Å². The van der Waals surface area contributed by atoms with Crippen LogP contribution in [-0.2, 0) is 6.54 Å². The van der Waals surface area contributed by atoms with Crippen LogP contribution < -0.4 is 10.5 Å². The van der Waals surface area contributed by atoms with Crippen molar-refractivity contribution in [2.75, 3.05) is 4.90 Å². The minimum absolute atomic E-state index is 0.154. The molecule has 0 unspecified atom stereocenters. The molecule has 0 atom stereocenters. The second-order valence-corrected chi connectivity index (χ2v) is 6.13. The van der Waals surface area contributed by atoms with Gasteiger partial charge in [-0.3, -0.25) is 14.7 Å². The van der Waals surface area contributed by atoms with E-state index >= 15 is 0 Å². The smallest absolute Gasteiger partial charge is 0.274 e. The number of nitrogens with zero attached hydrogens (tertiary/aromatic N) is 4. The highest BCUT2D eigenvalue weighted by molar-refractivity contribution is 6.05. The molecule has 134 valence electrons. The number of rotatable bonds is 4. The molecule has 7 nitrogen and oxygen atoms in total. The fraction of sp³-hybridized carbons (Fsp3) is 0.100. The molecule has 2 heterocycles. The summed E-state index contributed by atoms with van der Waals surface area (Å²) in [6.07, 6.45) is 0. The first-order valence-corrected chi connectivity index (χ1v) is 8.49. The molecule has 0 fully saturated rings. The maximum atomic E-state index is 13.1. The first kappa shape index (κ1) is 16.7. The molecule has 0 saturated heterocycles. The molecule has 2 aromatic carbocycles. The van der Waals surface area contributed by atoms with Crippen molar-refractivity contribution in [3.05, 3.63) is 94.2 Å². The van der Waals surface area contributed by atoms with Crippen molar-refractivity contribution in [2.45, 2.75) is 13.5 Å². The van der Waals surface area contributed by atoms with Gasteiger partial charge in [0.25, 0.3) is 17.2 Å². The Kier molecular flexibility index (Phi) is 4.25. The molecule has 1 N–H and O–H groups in total. The van der Waals surface area contributed by atoms with Gasteiger partial charge in [0.15, 0.2) is 0 Å². The molecular weight excluding hydrogens is 342 g/mol. The lowest BCUT2D eigenvalue weighted by atomic mass is 10.2. The van der Waals surface area contributed by atoms with E-state index in [2.05, 4.69) is 15.1 Å². The molecule has 4 rings (SSSR count). The second-order valence-electron chi connectivity index (χ2n) is 6.13. The van der Waals surface area contributed by atoms with Crippen LogP contribution in [0.3, 0.4) is 0 Å². The summed E-state index contributed by atoms with van der Waals surface area (Å²) >= 11 is 0. The Bertz CT molecular complexity index is 1150. The molecule has 0 bridgehead atoms. The van der Waals surface area contributed by atoms with Crippen LogP contribution in [0.25, 0.3) is 5.78 Å². The summed E-state index contributed by atoms with van der Waals surface area (Å²) in [7, 11) is 0. The normalized spacial score (nSPS) is 10.9. The van der Waals surface area contributed by atoms with Gasteiger partial charge in [-0.1, -0.05) is 36.4 Å². The van der Waals surface area contributed by atoms with Crippen molar-refractivity contribution < 1.29 is 4.79 Å². The first-order chi connectivity index (χ1) is 13.1. The number of anilines is 1. The number of amides is 1. The number of carbonyl (C=O) groups excluding carboxylic acids is 1. The zero-order valence-corrected chi connectivity index (χ0v) is 14.7. The Morgan fingerprint density at radius 2 is 1.70 bits per heavy atom. The number of benzene rings is 2. The van der Waals surface area contributed by atoms with Gasteiger partial charge >= 0.3 is 0 Å². The van der Waals surface area contributed by atoms with Crippen LogP contribution >= 0.6 is 0 Å². The summed E-state index contributed by atoms with van der Waals surface area (Å²) in [5.74, 6) is 0.604. The van der Waals surface area contributed by atoms with E-state index in [1.165, 1.54) is 10.6 Å². The molecule has 0 saturated carbocycles. The van der Waals surface area contributed by atoms with E-state index in [4.69, 9.17) is 0 Å². The van der Waals surface area contributed by atoms with Gasteiger partial charge in [-0.2, -0.15) is 9.50 Å². The topological polar surface area (TPSA) is 83.4 Å². The van der Waals surface area contributed by atoms with Crippen LogP contribution in [-0.4, -0.2) is 25.5 Å². The Morgan fingerprint density at radius 1 is 1.04 bits per heavy atom. The van der Waals surface area contributed by atoms with E-state index in [1.807, 2.05) is 48.5 Å². The van der Waals surface area contributed by atoms with Gasteiger partial charge in [0.1, 0.15) is 5.82 Å². The standard InChI is InChI=1S/C20H17N5O2/c1-14-12-18(26)25-20(21-14)22-17(23-25)13-24(16-10-6-3-7-11-16)19(27)15-8-4-2-5-9-15/h2-12H,13H2,1H3,(H,21,22,23). The van der Waals surface area contributed by atoms with E-state index in [-0.39, 0.29) is 23.8 Å². The highest BCUT2D eigenvalue weighted by atomic mass is 16.2. The molecule has 0 aliphatic carbocycles. The predicted octanol–water partition coefficient (Wildman–Crippen LogP) is 2.57. The maximum absolute atomic E-state index is 13.1. The predicted molar refractivity (Wildman–Crippen MR) is 102 cm³/mol. The lowest BCUT2D eigenvalue weighted by Crippen LogP contribution is -2.31. The van der Waals surface area contributed by atoms with Crippen LogP contribution in [0.15, 0.2) is 71.5 Å². The zero-order valence-electron chi connectivity index (χ0n) is 14.7. The van der Waals surface area contributed by atoms with Gasteiger partial charge in [0, 0.05) is 23.0 Å². The van der Waals surface area contributed by atoms with Crippen LogP contribution in [0.5, 0.6) is 0 Å². The van der Waals surface area contributed by atoms with Gasteiger partial charge in [-0.25, -0.2) is 4.98 Å². The SMILES string of the molecule is Cc1cc(=O)n2[nH]c(CN(C(=O)c3ccccc3)c3ccccc3)nc2n1. The summed E-state index contributed by atoms with van der Waals surface area (Å²) in [6, 6.07) is 19.8. The van der Waals surface area contributed by atoms with Crippen molar-refractivity contribution in [2.24, 2.45) is 0 Å². The third-order valence-electron chi connectivity index (χ3n) is 4.15. The molecule has 7 heteroatoms. The van der Waals surface area contributed by atoms with E-state index in [9.17, 15) is 9.59 Å². The molecule has 1 amide bonds. The van der Waals surface area contributed by atoms with Gasteiger partial charge in [-0.05, 0) is 31.2 Å². The number of aromatic amines is 1. The minimum Gasteiger partial charge on any atom is -0.301 e. The number of para-hydroxylation sites is 1. The molecule has 27 heavy (non-hydrogen) atoms.